The van der Waals surface area contributed by atoms with Crippen molar-refractivity contribution in [2.45, 2.75) is 18.4 Å². The zero-order chi connectivity index (χ0) is 12.3. The molecule has 1 aliphatic heterocycles. The third kappa shape index (κ3) is 2.84. The fourth-order valence-corrected chi connectivity index (χ4v) is 2.14. The van der Waals surface area contributed by atoms with Gasteiger partial charge in [-0.2, -0.15) is 0 Å². The molecule has 0 spiro atoms. The number of methoxy groups -OCH3 is 1. The van der Waals surface area contributed by atoms with Crippen LogP contribution in [0.4, 0.5) is 0 Å². The van der Waals surface area contributed by atoms with Gasteiger partial charge in [-0.3, -0.25) is 0 Å². The van der Waals surface area contributed by atoms with E-state index in [1.807, 2.05) is 12.1 Å². The Labute approximate surface area is 101 Å². The molecule has 4 nitrogen and oxygen atoms in total. The molecule has 1 aliphatic rings. The summed E-state index contributed by atoms with van der Waals surface area (Å²) in [4.78, 5) is 11.3. The van der Waals surface area contributed by atoms with Crippen LogP contribution in [-0.2, 0) is 11.2 Å². The van der Waals surface area contributed by atoms with E-state index in [1.54, 1.807) is 12.1 Å². The molecular weight excluding hydrogens is 218 g/mol. The van der Waals surface area contributed by atoms with Gasteiger partial charge in [0.15, 0.2) is 0 Å². The third-order valence-corrected chi connectivity index (χ3v) is 3.13. The van der Waals surface area contributed by atoms with Gasteiger partial charge in [-0.1, -0.05) is 12.1 Å². The van der Waals surface area contributed by atoms with Crippen LogP contribution in [0, 0.1) is 0 Å². The molecule has 0 aliphatic carbocycles. The highest BCUT2D eigenvalue weighted by Gasteiger charge is 2.30. The van der Waals surface area contributed by atoms with Crippen LogP contribution in [0.5, 0.6) is 0 Å². The molecule has 0 aromatic heterocycles. The normalized spacial score (nSPS) is 23.6. The molecule has 1 unspecified atom stereocenters. The minimum atomic E-state index is -0.646. The van der Waals surface area contributed by atoms with Gasteiger partial charge in [0.2, 0.25) is 0 Å². The largest absolute Gasteiger partial charge is 0.465 e. The first-order chi connectivity index (χ1) is 8.13. The number of benzene rings is 1. The highest BCUT2D eigenvalue weighted by atomic mass is 16.5. The maximum atomic E-state index is 11.3. The van der Waals surface area contributed by atoms with Gasteiger partial charge >= 0.3 is 5.97 Å². The van der Waals surface area contributed by atoms with Gasteiger partial charge in [0, 0.05) is 13.0 Å². The first kappa shape index (κ1) is 12.1. The fourth-order valence-electron chi connectivity index (χ4n) is 2.14. The quantitative estimate of drug-likeness (QED) is 0.759. The standard InChI is InChI=1S/C13H17NO3/c1-17-12(15)11-4-2-10(3-5-11)8-13(16)6-7-14-9-13/h2-5,14,16H,6-9H2,1H3. The molecule has 4 heteroatoms. The monoisotopic (exact) mass is 235 g/mol. The molecule has 0 saturated carbocycles. The fraction of sp³-hybridized carbons (Fsp3) is 0.462. The van der Waals surface area contributed by atoms with Crippen molar-refractivity contribution in [1.29, 1.82) is 0 Å². The number of β-amino-alcohol motifs (C(OH)–C–C–N with tert-alkyl or cyclic N) is 1. The van der Waals surface area contributed by atoms with Gasteiger partial charge in [-0.25, -0.2) is 4.79 Å². The summed E-state index contributed by atoms with van der Waals surface area (Å²) in [5, 5.41) is 13.4. The Bertz CT molecular complexity index is 394. The summed E-state index contributed by atoms with van der Waals surface area (Å²) in [6.07, 6.45) is 1.38. The Morgan fingerprint density at radius 1 is 1.47 bits per heavy atom. The first-order valence-corrected chi connectivity index (χ1v) is 5.73. The number of carbonyl (C=O) groups is 1. The molecule has 1 saturated heterocycles. The number of nitrogens with one attached hydrogen (secondary N) is 1. The van der Waals surface area contributed by atoms with Crippen LogP contribution in [0.2, 0.25) is 0 Å². The SMILES string of the molecule is COC(=O)c1ccc(CC2(O)CCNC2)cc1. The highest BCUT2D eigenvalue weighted by molar-refractivity contribution is 5.89. The molecule has 1 aromatic carbocycles. The molecule has 2 N–H and O–H groups in total. The van der Waals surface area contributed by atoms with E-state index in [4.69, 9.17) is 0 Å². The summed E-state index contributed by atoms with van der Waals surface area (Å²) in [7, 11) is 1.36. The molecule has 1 aromatic rings. The van der Waals surface area contributed by atoms with Crippen LogP contribution in [0.3, 0.4) is 0 Å². The van der Waals surface area contributed by atoms with Crippen molar-refractivity contribution in [3.05, 3.63) is 35.4 Å². The lowest BCUT2D eigenvalue weighted by Crippen LogP contribution is -2.33. The van der Waals surface area contributed by atoms with Crippen molar-refractivity contribution < 1.29 is 14.6 Å². The van der Waals surface area contributed by atoms with Crippen molar-refractivity contribution in [1.82, 2.24) is 5.32 Å². The van der Waals surface area contributed by atoms with Crippen LogP contribution in [0.15, 0.2) is 24.3 Å². The number of esters is 1. The van der Waals surface area contributed by atoms with Gasteiger partial charge in [0.25, 0.3) is 0 Å². The number of rotatable bonds is 3. The molecular formula is C13H17NO3. The van der Waals surface area contributed by atoms with E-state index in [0.29, 0.717) is 18.5 Å². The van der Waals surface area contributed by atoms with Crippen molar-refractivity contribution in [3.63, 3.8) is 0 Å². The predicted molar refractivity (Wildman–Crippen MR) is 63.9 cm³/mol. The summed E-state index contributed by atoms with van der Waals surface area (Å²) in [6, 6.07) is 7.19. The Balaban J connectivity index is 2.05. The average molecular weight is 235 g/mol. The lowest BCUT2D eigenvalue weighted by Gasteiger charge is -2.21. The van der Waals surface area contributed by atoms with E-state index in [0.717, 1.165) is 18.5 Å². The molecule has 17 heavy (non-hydrogen) atoms. The summed E-state index contributed by atoms with van der Waals surface area (Å²) in [5.74, 6) is -0.335. The van der Waals surface area contributed by atoms with E-state index >= 15 is 0 Å². The van der Waals surface area contributed by atoms with E-state index in [2.05, 4.69) is 10.1 Å². The summed E-state index contributed by atoms with van der Waals surface area (Å²) >= 11 is 0. The lowest BCUT2D eigenvalue weighted by atomic mass is 9.93. The molecule has 0 bridgehead atoms. The molecule has 1 atom stereocenters. The number of aliphatic hydroxyl groups is 1. The second-order valence-corrected chi connectivity index (χ2v) is 4.52. The predicted octanol–water partition coefficient (Wildman–Crippen LogP) is 0.740. The van der Waals surface area contributed by atoms with Crippen LogP contribution in [0.25, 0.3) is 0 Å². The van der Waals surface area contributed by atoms with Crippen molar-refractivity contribution in [2.75, 3.05) is 20.2 Å². The molecule has 0 radical (unpaired) electrons. The minimum absolute atomic E-state index is 0.335. The zero-order valence-electron chi connectivity index (χ0n) is 9.90. The molecule has 0 amide bonds. The molecule has 2 rings (SSSR count). The van der Waals surface area contributed by atoms with Crippen LogP contribution >= 0.6 is 0 Å². The van der Waals surface area contributed by atoms with Crippen LogP contribution in [-0.4, -0.2) is 36.9 Å². The van der Waals surface area contributed by atoms with Crippen molar-refractivity contribution >= 4 is 5.97 Å². The van der Waals surface area contributed by atoms with Crippen LogP contribution in [0.1, 0.15) is 22.3 Å². The third-order valence-electron chi connectivity index (χ3n) is 3.13. The maximum absolute atomic E-state index is 11.3. The van der Waals surface area contributed by atoms with E-state index in [9.17, 15) is 9.90 Å². The van der Waals surface area contributed by atoms with Gasteiger partial charge < -0.3 is 15.2 Å². The Morgan fingerprint density at radius 2 is 2.18 bits per heavy atom. The van der Waals surface area contributed by atoms with Gasteiger partial charge in [0.05, 0.1) is 18.3 Å². The van der Waals surface area contributed by atoms with Crippen molar-refractivity contribution in [2.24, 2.45) is 0 Å². The number of carbonyl (C=O) groups excluding carboxylic acids is 1. The lowest BCUT2D eigenvalue weighted by molar-refractivity contribution is 0.0600. The van der Waals surface area contributed by atoms with E-state index in [-0.39, 0.29) is 5.97 Å². The Morgan fingerprint density at radius 3 is 2.71 bits per heavy atom. The topological polar surface area (TPSA) is 58.6 Å². The second kappa shape index (κ2) is 4.85. The zero-order valence-corrected chi connectivity index (χ0v) is 9.90. The Kier molecular flexibility index (Phi) is 3.45. The molecule has 1 heterocycles. The second-order valence-electron chi connectivity index (χ2n) is 4.52. The summed E-state index contributed by atoms with van der Waals surface area (Å²) in [6.45, 7) is 1.49. The molecule has 1 fully saturated rings. The Hall–Kier alpha value is -1.39. The van der Waals surface area contributed by atoms with E-state index < -0.39 is 5.60 Å². The van der Waals surface area contributed by atoms with Gasteiger partial charge in [-0.15, -0.1) is 0 Å². The number of ether oxygens (including phenoxy) is 1. The first-order valence-electron chi connectivity index (χ1n) is 5.73. The average Bonchev–Trinajstić information content (AvgIpc) is 2.76. The summed E-state index contributed by atoms with van der Waals surface area (Å²) in [5.41, 5.74) is 0.920. The summed E-state index contributed by atoms with van der Waals surface area (Å²) < 4.78 is 4.63. The van der Waals surface area contributed by atoms with Crippen LogP contribution < -0.4 is 5.32 Å². The maximum Gasteiger partial charge on any atom is 0.337 e. The number of hydrogen-bond acceptors (Lipinski definition) is 4. The number of hydrogen-bond donors (Lipinski definition) is 2. The van der Waals surface area contributed by atoms with Gasteiger partial charge in [-0.05, 0) is 30.7 Å². The van der Waals surface area contributed by atoms with Gasteiger partial charge in [0.1, 0.15) is 0 Å². The van der Waals surface area contributed by atoms with Crippen molar-refractivity contribution in [3.8, 4) is 0 Å². The highest BCUT2D eigenvalue weighted by Crippen LogP contribution is 2.20. The molecule has 92 valence electrons. The smallest absolute Gasteiger partial charge is 0.337 e. The van der Waals surface area contributed by atoms with E-state index in [1.165, 1.54) is 7.11 Å². The minimum Gasteiger partial charge on any atom is -0.465 e.